The van der Waals surface area contributed by atoms with E-state index in [1.807, 2.05) is 31.2 Å². The topological polar surface area (TPSA) is 67.4 Å². The second-order valence-corrected chi connectivity index (χ2v) is 3.65. The van der Waals surface area contributed by atoms with Crippen molar-refractivity contribution in [3.8, 4) is 0 Å². The molecule has 0 aliphatic rings. The molecular formula is C13H16N2O3. The molecule has 0 saturated heterocycles. The monoisotopic (exact) mass is 248 g/mol. The van der Waals surface area contributed by atoms with Gasteiger partial charge in [-0.2, -0.15) is 0 Å². The smallest absolute Gasteiger partial charge is 0.325 e. The fraction of sp³-hybridized carbons (Fsp3) is 0.231. The first-order valence-corrected chi connectivity index (χ1v) is 5.46. The first kappa shape index (κ1) is 13.8. The minimum Gasteiger partial charge on any atom is -0.468 e. The predicted octanol–water partition coefficient (Wildman–Crippen LogP) is 1.44. The number of ether oxygens (including phenoxy) is 1. The van der Waals surface area contributed by atoms with E-state index in [2.05, 4.69) is 15.4 Å². The third-order valence-corrected chi connectivity index (χ3v) is 2.19. The zero-order valence-corrected chi connectivity index (χ0v) is 10.4. The molecule has 0 unspecified atom stereocenters. The van der Waals surface area contributed by atoms with E-state index in [0.29, 0.717) is 0 Å². The zero-order chi connectivity index (χ0) is 13.4. The Morgan fingerprint density at radius 2 is 1.94 bits per heavy atom. The van der Waals surface area contributed by atoms with E-state index in [-0.39, 0.29) is 6.54 Å². The summed E-state index contributed by atoms with van der Waals surface area (Å²) in [6.45, 7) is 1.85. The van der Waals surface area contributed by atoms with E-state index in [1.54, 1.807) is 6.08 Å². The van der Waals surface area contributed by atoms with Crippen LogP contribution in [0.15, 0.2) is 30.5 Å². The largest absolute Gasteiger partial charge is 0.468 e. The average molecular weight is 248 g/mol. The van der Waals surface area contributed by atoms with Crippen molar-refractivity contribution in [2.75, 3.05) is 13.7 Å². The number of nitrogens with one attached hydrogen (secondary N) is 2. The number of esters is 1. The lowest BCUT2D eigenvalue weighted by molar-refractivity contribution is -0.139. The van der Waals surface area contributed by atoms with E-state index in [4.69, 9.17) is 0 Å². The minimum absolute atomic E-state index is 0.152. The maximum absolute atomic E-state index is 11.2. The highest BCUT2D eigenvalue weighted by atomic mass is 16.5. The van der Waals surface area contributed by atoms with Crippen molar-refractivity contribution in [2.24, 2.45) is 0 Å². The quantitative estimate of drug-likeness (QED) is 0.792. The average Bonchev–Trinajstić information content (AvgIpc) is 2.38. The van der Waals surface area contributed by atoms with E-state index in [0.717, 1.165) is 5.56 Å². The van der Waals surface area contributed by atoms with Crippen LogP contribution in [0.3, 0.4) is 0 Å². The van der Waals surface area contributed by atoms with Crippen LogP contribution in [0.1, 0.15) is 11.1 Å². The Hall–Kier alpha value is -2.30. The van der Waals surface area contributed by atoms with Crippen LogP contribution >= 0.6 is 0 Å². The summed E-state index contributed by atoms with van der Waals surface area (Å²) in [6.07, 6.45) is 3.27. The van der Waals surface area contributed by atoms with Gasteiger partial charge in [-0.1, -0.05) is 29.8 Å². The number of carbonyl (C=O) groups excluding carboxylic acids is 2. The van der Waals surface area contributed by atoms with Crippen molar-refractivity contribution in [3.63, 3.8) is 0 Å². The van der Waals surface area contributed by atoms with Crippen molar-refractivity contribution < 1.29 is 14.3 Å². The molecule has 5 heteroatoms. The summed E-state index contributed by atoms with van der Waals surface area (Å²) in [5, 5.41) is 4.84. The van der Waals surface area contributed by atoms with Gasteiger partial charge in [-0.15, -0.1) is 0 Å². The van der Waals surface area contributed by atoms with E-state index >= 15 is 0 Å². The maximum atomic E-state index is 11.2. The SMILES string of the molecule is COC(=O)CNC(=O)N/C=C/c1ccc(C)cc1. The van der Waals surface area contributed by atoms with Gasteiger partial charge in [0.15, 0.2) is 0 Å². The van der Waals surface area contributed by atoms with Gasteiger partial charge >= 0.3 is 12.0 Å². The fourth-order valence-electron chi connectivity index (χ4n) is 1.17. The first-order chi connectivity index (χ1) is 8.61. The van der Waals surface area contributed by atoms with Crippen molar-refractivity contribution in [2.45, 2.75) is 6.92 Å². The number of amides is 2. The van der Waals surface area contributed by atoms with Crippen molar-refractivity contribution in [1.82, 2.24) is 10.6 Å². The Morgan fingerprint density at radius 1 is 1.28 bits per heavy atom. The second-order valence-electron chi connectivity index (χ2n) is 3.65. The zero-order valence-electron chi connectivity index (χ0n) is 10.4. The number of hydrogen-bond acceptors (Lipinski definition) is 3. The lowest BCUT2D eigenvalue weighted by Crippen LogP contribution is -2.36. The molecule has 5 nitrogen and oxygen atoms in total. The van der Waals surface area contributed by atoms with Gasteiger partial charge in [-0.3, -0.25) is 4.79 Å². The van der Waals surface area contributed by atoms with Gasteiger partial charge in [0.2, 0.25) is 0 Å². The van der Waals surface area contributed by atoms with Crippen molar-refractivity contribution in [1.29, 1.82) is 0 Å². The van der Waals surface area contributed by atoms with Gasteiger partial charge in [-0.05, 0) is 18.6 Å². The maximum Gasteiger partial charge on any atom is 0.325 e. The van der Waals surface area contributed by atoms with Crippen LogP contribution in [-0.4, -0.2) is 25.7 Å². The molecule has 1 aromatic carbocycles. The second kappa shape index (κ2) is 7.11. The van der Waals surface area contributed by atoms with Crippen molar-refractivity contribution >= 4 is 18.1 Å². The number of aryl methyl sites for hydroxylation is 1. The Kier molecular flexibility index (Phi) is 5.44. The summed E-state index contributed by atoms with van der Waals surface area (Å²) in [7, 11) is 1.26. The molecule has 0 saturated carbocycles. The van der Waals surface area contributed by atoms with Crippen LogP contribution in [0.5, 0.6) is 0 Å². The molecule has 0 atom stereocenters. The summed E-state index contributed by atoms with van der Waals surface area (Å²) in [6, 6.07) is 7.40. The number of urea groups is 1. The van der Waals surface area contributed by atoms with Gasteiger partial charge in [0, 0.05) is 6.20 Å². The summed E-state index contributed by atoms with van der Waals surface area (Å²) < 4.78 is 4.39. The third kappa shape index (κ3) is 5.16. The Morgan fingerprint density at radius 3 is 2.56 bits per heavy atom. The molecular weight excluding hydrogens is 232 g/mol. The number of rotatable bonds is 4. The molecule has 96 valence electrons. The van der Waals surface area contributed by atoms with Gasteiger partial charge < -0.3 is 15.4 Å². The van der Waals surface area contributed by atoms with Crippen LogP contribution in [0.4, 0.5) is 4.79 Å². The molecule has 0 spiro atoms. The highest BCUT2D eigenvalue weighted by Gasteiger charge is 2.02. The molecule has 0 aliphatic heterocycles. The van der Waals surface area contributed by atoms with Gasteiger partial charge in [-0.25, -0.2) is 4.79 Å². The lowest BCUT2D eigenvalue weighted by Gasteiger charge is -2.02. The van der Waals surface area contributed by atoms with Crippen LogP contribution < -0.4 is 10.6 Å². The summed E-state index contributed by atoms with van der Waals surface area (Å²) in [5.41, 5.74) is 2.16. The van der Waals surface area contributed by atoms with Crippen LogP contribution in [0.2, 0.25) is 0 Å². The normalized spacial score (nSPS) is 10.1. The molecule has 18 heavy (non-hydrogen) atoms. The fourth-order valence-corrected chi connectivity index (χ4v) is 1.17. The predicted molar refractivity (Wildman–Crippen MR) is 68.8 cm³/mol. The highest BCUT2D eigenvalue weighted by Crippen LogP contribution is 2.03. The molecule has 0 bridgehead atoms. The Balaban J connectivity index is 2.33. The summed E-state index contributed by atoms with van der Waals surface area (Å²) >= 11 is 0. The lowest BCUT2D eigenvalue weighted by atomic mass is 10.1. The molecule has 1 rings (SSSR count). The van der Waals surface area contributed by atoms with E-state index in [1.165, 1.54) is 18.9 Å². The van der Waals surface area contributed by atoms with Gasteiger partial charge in [0.25, 0.3) is 0 Å². The Bertz CT molecular complexity index is 438. The number of benzene rings is 1. The molecule has 2 amide bonds. The van der Waals surface area contributed by atoms with E-state index < -0.39 is 12.0 Å². The summed E-state index contributed by atoms with van der Waals surface area (Å²) in [4.78, 5) is 22.0. The molecule has 0 radical (unpaired) electrons. The highest BCUT2D eigenvalue weighted by molar-refractivity contribution is 5.81. The number of hydrogen-bond donors (Lipinski definition) is 2. The summed E-state index contributed by atoms with van der Waals surface area (Å²) in [5.74, 6) is -0.493. The number of methoxy groups -OCH3 is 1. The molecule has 0 fully saturated rings. The van der Waals surface area contributed by atoms with Crippen LogP contribution in [0.25, 0.3) is 6.08 Å². The van der Waals surface area contributed by atoms with Crippen LogP contribution in [-0.2, 0) is 9.53 Å². The van der Waals surface area contributed by atoms with E-state index in [9.17, 15) is 9.59 Å². The standard InChI is InChI=1S/C13H16N2O3/c1-10-3-5-11(6-4-10)7-8-14-13(17)15-9-12(16)18-2/h3-8H,9H2,1-2H3,(H2,14,15,17)/b8-7+. The number of carbonyl (C=O) groups is 2. The Labute approximate surface area is 106 Å². The van der Waals surface area contributed by atoms with Gasteiger partial charge in [0.1, 0.15) is 6.54 Å². The third-order valence-electron chi connectivity index (χ3n) is 2.19. The minimum atomic E-state index is -0.493. The van der Waals surface area contributed by atoms with Gasteiger partial charge in [0.05, 0.1) is 7.11 Å². The molecule has 1 aromatic rings. The first-order valence-electron chi connectivity index (χ1n) is 5.46. The van der Waals surface area contributed by atoms with Crippen LogP contribution in [0, 0.1) is 6.92 Å². The molecule has 2 N–H and O–H groups in total. The molecule has 0 heterocycles. The molecule has 0 aromatic heterocycles. The molecule has 0 aliphatic carbocycles. The van der Waals surface area contributed by atoms with Crippen molar-refractivity contribution in [3.05, 3.63) is 41.6 Å².